The number of nitrogens with one attached hydrogen (secondary N) is 1. The Hall–Kier alpha value is -1.00. The molecule has 2 aromatic rings. The van der Waals surface area contributed by atoms with Crippen LogP contribution in [0.4, 0.5) is 5.69 Å². The van der Waals surface area contributed by atoms with Gasteiger partial charge in [-0.05, 0) is 40.9 Å². The van der Waals surface area contributed by atoms with Crippen molar-refractivity contribution >= 4 is 44.0 Å². The Kier molecular flexibility index (Phi) is 3.31. The molecule has 0 unspecified atom stereocenters. The van der Waals surface area contributed by atoms with Crippen LogP contribution in [0.15, 0.2) is 34.6 Å². The number of hydrogen-bond acceptors (Lipinski definition) is 4. The summed E-state index contributed by atoms with van der Waals surface area (Å²) in [5, 5.41) is 7.91. The minimum absolute atomic E-state index is 0.461. The second kappa shape index (κ2) is 4.94. The van der Waals surface area contributed by atoms with Crippen LogP contribution in [-0.4, -0.2) is 17.0 Å². The monoisotopic (exact) mass is 276 g/mol. The van der Waals surface area contributed by atoms with Crippen LogP contribution in [0.5, 0.6) is 0 Å². The standard InChI is InChI=1S/C14H16N2S2/c1-9(2)12-8-18-14(16-12)15-11-3-4-13-10(7-11)5-6-17-13/h3-7,9,12H,8H2,1-2H3,(H,15,16)/t12-/m1/s1. The predicted molar refractivity (Wildman–Crippen MR) is 84.0 cm³/mol. The van der Waals surface area contributed by atoms with Crippen LogP contribution < -0.4 is 5.32 Å². The second-order valence-electron chi connectivity index (χ2n) is 4.85. The van der Waals surface area contributed by atoms with E-state index in [1.807, 2.05) is 11.8 Å². The molecule has 94 valence electrons. The average Bonchev–Trinajstić information content (AvgIpc) is 2.96. The SMILES string of the molecule is CC(C)[C@H]1CSC(Nc2ccc3sccc3c2)=N1. The van der Waals surface area contributed by atoms with Gasteiger partial charge in [-0.25, -0.2) is 0 Å². The lowest BCUT2D eigenvalue weighted by Gasteiger charge is -2.08. The Morgan fingerprint density at radius 3 is 3.00 bits per heavy atom. The third-order valence-corrected chi connectivity index (χ3v) is 5.03. The molecule has 0 bridgehead atoms. The van der Waals surface area contributed by atoms with Gasteiger partial charge in [0, 0.05) is 16.1 Å². The molecule has 0 saturated heterocycles. The highest BCUT2D eigenvalue weighted by molar-refractivity contribution is 8.14. The summed E-state index contributed by atoms with van der Waals surface area (Å²) >= 11 is 3.60. The number of anilines is 1. The van der Waals surface area contributed by atoms with E-state index in [-0.39, 0.29) is 0 Å². The van der Waals surface area contributed by atoms with E-state index in [0.717, 1.165) is 16.6 Å². The zero-order valence-electron chi connectivity index (χ0n) is 10.5. The van der Waals surface area contributed by atoms with Crippen LogP contribution in [0, 0.1) is 5.92 Å². The van der Waals surface area contributed by atoms with Crippen LogP contribution in [0.3, 0.4) is 0 Å². The summed E-state index contributed by atoms with van der Waals surface area (Å²) in [4.78, 5) is 4.72. The molecule has 0 amide bonds. The fourth-order valence-corrected chi connectivity index (χ4v) is 3.93. The second-order valence-corrected chi connectivity index (χ2v) is 6.81. The number of aliphatic imine (C=N–C) groups is 1. The van der Waals surface area contributed by atoms with Gasteiger partial charge in [0.25, 0.3) is 0 Å². The van der Waals surface area contributed by atoms with Crippen LogP contribution in [0.25, 0.3) is 10.1 Å². The maximum atomic E-state index is 4.72. The molecule has 1 aromatic heterocycles. The number of thiophene rings is 1. The molecule has 1 aromatic carbocycles. The van der Waals surface area contributed by atoms with Crippen molar-refractivity contribution in [3.63, 3.8) is 0 Å². The molecule has 1 aliphatic rings. The summed E-state index contributed by atoms with van der Waals surface area (Å²) in [6.45, 7) is 4.46. The highest BCUT2D eigenvalue weighted by atomic mass is 32.2. The number of nitrogens with zero attached hydrogens (tertiary/aromatic N) is 1. The first-order valence-corrected chi connectivity index (χ1v) is 8.04. The first kappa shape index (κ1) is 12.1. The molecular formula is C14H16N2S2. The average molecular weight is 276 g/mol. The smallest absolute Gasteiger partial charge is 0.161 e. The van der Waals surface area contributed by atoms with E-state index in [2.05, 4.69) is 48.8 Å². The molecule has 0 spiro atoms. The highest BCUT2D eigenvalue weighted by Gasteiger charge is 2.20. The number of rotatable bonds is 2. The molecule has 0 saturated carbocycles. The van der Waals surface area contributed by atoms with E-state index in [0.29, 0.717) is 12.0 Å². The van der Waals surface area contributed by atoms with Gasteiger partial charge in [-0.15, -0.1) is 11.3 Å². The van der Waals surface area contributed by atoms with Gasteiger partial charge in [-0.2, -0.15) is 0 Å². The molecular weight excluding hydrogens is 260 g/mol. The van der Waals surface area contributed by atoms with E-state index >= 15 is 0 Å². The molecule has 1 aliphatic heterocycles. The summed E-state index contributed by atoms with van der Waals surface area (Å²) in [5.74, 6) is 1.72. The van der Waals surface area contributed by atoms with Crippen molar-refractivity contribution in [2.24, 2.45) is 10.9 Å². The first-order chi connectivity index (χ1) is 8.72. The van der Waals surface area contributed by atoms with Crippen molar-refractivity contribution in [2.45, 2.75) is 19.9 Å². The lowest BCUT2D eigenvalue weighted by Crippen LogP contribution is -2.12. The quantitative estimate of drug-likeness (QED) is 0.877. The molecule has 1 atom stereocenters. The molecule has 1 N–H and O–H groups in total. The largest absolute Gasteiger partial charge is 0.335 e. The van der Waals surface area contributed by atoms with Gasteiger partial charge >= 0.3 is 0 Å². The Labute approximate surface area is 116 Å². The fraction of sp³-hybridized carbons (Fsp3) is 0.357. The Morgan fingerprint density at radius 1 is 1.33 bits per heavy atom. The maximum Gasteiger partial charge on any atom is 0.161 e. The molecule has 0 radical (unpaired) electrons. The Balaban J connectivity index is 1.78. The first-order valence-electron chi connectivity index (χ1n) is 6.17. The topological polar surface area (TPSA) is 24.4 Å². The van der Waals surface area contributed by atoms with Crippen molar-refractivity contribution in [1.29, 1.82) is 0 Å². The summed E-state index contributed by atoms with van der Waals surface area (Å²) in [6, 6.07) is 9.11. The van der Waals surface area contributed by atoms with Gasteiger partial charge in [0.2, 0.25) is 0 Å². The number of benzene rings is 1. The van der Waals surface area contributed by atoms with E-state index < -0.39 is 0 Å². The van der Waals surface area contributed by atoms with Crippen molar-refractivity contribution in [3.05, 3.63) is 29.6 Å². The third kappa shape index (κ3) is 2.40. The number of hydrogen-bond donors (Lipinski definition) is 1. The number of amidine groups is 1. The Bertz CT molecular complexity index is 586. The highest BCUT2D eigenvalue weighted by Crippen LogP contribution is 2.27. The lowest BCUT2D eigenvalue weighted by atomic mass is 10.1. The number of thioether (sulfide) groups is 1. The maximum absolute atomic E-state index is 4.72. The predicted octanol–water partition coefficient (Wildman–Crippen LogP) is 4.44. The van der Waals surface area contributed by atoms with Gasteiger partial charge in [-0.1, -0.05) is 25.6 Å². The van der Waals surface area contributed by atoms with Gasteiger partial charge in [0.15, 0.2) is 5.17 Å². The van der Waals surface area contributed by atoms with E-state index in [4.69, 9.17) is 4.99 Å². The van der Waals surface area contributed by atoms with Crippen molar-refractivity contribution in [1.82, 2.24) is 0 Å². The van der Waals surface area contributed by atoms with Gasteiger partial charge in [0.1, 0.15) is 0 Å². The number of fused-ring (bicyclic) bond motifs is 1. The summed E-state index contributed by atoms with van der Waals surface area (Å²) in [5.41, 5.74) is 1.14. The van der Waals surface area contributed by atoms with Crippen molar-refractivity contribution in [3.8, 4) is 0 Å². The van der Waals surface area contributed by atoms with E-state index in [9.17, 15) is 0 Å². The molecule has 3 rings (SSSR count). The minimum Gasteiger partial charge on any atom is -0.335 e. The minimum atomic E-state index is 0.461. The van der Waals surface area contributed by atoms with Gasteiger partial charge in [0.05, 0.1) is 6.04 Å². The fourth-order valence-electron chi connectivity index (χ4n) is 1.97. The zero-order valence-corrected chi connectivity index (χ0v) is 12.1. The van der Waals surface area contributed by atoms with Crippen LogP contribution in [0.2, 0.25) is 0 Å². The zero-order chi connectivity index (χ0) is 12.5. The van der Waals surface area contributed by atoms with Crippen molar-refractivity contribution in [2.75, 3.05) is 11.1 Å². The van der Waals surface area contributed by atoms with Crippen molar-refractivity contribution < 1.29 is 0 Å². The van der Waals surface area contributed by atoms with Gasteiger partial charge < -0.3 is 5.32 Å². The Morgan fingerprint density at radius 2 is 2.22 bits per heavy atom. The van der Waals surface area contributed by atoms with E-state index in [1.165, 1.54) is 10.1 Å². The summed E-state index contributed by atoms with van der Waals surface area (Å²) in [7, 11) is 0. The lowest BCUT2D eigenvalue weighted by molar-refractivity contribution is 0.543. The van der Waals surface area contributed by atoms with Crippen LogP contribution in [-0.2, 0) is 0 Å². The molecule has 0 fully saturated rings. The molecule has 0 aliphatic carbocycles. The third-order valence-electron chi connectivity index (χ3n) is 3.15. The normalized spacial score (nSPS) is 19.5. The van der Waals surface area contributed by atoms with Crippen LogP contribution >= 0.6 is 23.1 Å². The summed E-state index contributed by atoms with van der Waals surface area (Å²) < 4.78 is 1.33. The summed E-state index contributed by atoms with van der Waals surface area (Å²) in [6.07, 6.45) is 0. The molecule has 2 nitrogen and oxygen atoms in total. The molecule has 4 heteroatoms. The van der Waals surface area contributed by atoms with E-state index in [1.54, 1.807) is 11.3 Å². The van der Waals surface area contributed by atoms with Crippen LogP contribution in [0.1, 0.15) is 13.8 Å². The van der Waals surface area contributed by atoms with Gasteiger partial charge in [-0.3, -0.25) is 4.99 Å². The molecule has 2 heterocycles. The molecule has 18 heavy (non-hydrogen) atoms.